The van der Waals surface area contributed by atoms with E-state index in [0.717, 1.165) is 6.07 Å². The molecule has 1 aliphatic heterocycles. The van der Waals surface area contributed by atoms with Gasteiger partial charge in [0.05, 0.1) is 12.7 Å². The summed E-state index contributed by atoms with van der Waals surface area (Å²) in [5.41, 5.74) is 0. The number of halogens is 2. The van der Waals surface area contributed by atoms with Gasteiger partial charge >= 0.3 is 0 Å². The van der Waals surface area contributed by atoms with Crippen molar-refractivity contribution in [2.24, 2.45) is 0 Å². The van der Waals surface area contributed by atoms with Crippen LogP contribution >= 0.6 is 11.6 Å². The highest BCUT2D eigenvalue weighted by Crippen LogP contribution is 2.22. The first-order valence-electron chi connectivity index (χ1n) is 6.34. The lowest BCUT2D eigenvalue weighted by Gasteiger charge is -2.30. The number of aromatic nitrogens is 1. The molecule has 0 unspecified atom stereocenters. The minimum Gasteiger partial charge on any atom is -0.377 e. The molecule has 0 spiro atoms. The van der Waals surface area contributed by atoms with E-state index < -0.39 is 20.9 Å². The van der Waals surface area contributed by atoms with Crippen LogP contribution in [0.4, 0.5) is 4.39 Å². The molecule has 0 amide bonds. The molecule has 0 saturated carbocycles. The molecule has 0 aliphatic carbocycles. The van der Waals surface area contributed by atoms with Gasteiger partial charge in [0.25, 0.3) is 10.0 Å². The fourth-order valence-electron chi connectivity index (χ4n) is 2.13. The standard InChI is InChI=1S/C12H16ClFN2O3S/c13-5-9-19-10-3-7-16(8-4-10)20(17,18)12-11(14)2-1-6-15-12/h1-2,6,10H,3-5,7-9H2. The van der Waals surface area contributed by atoms with Gasteiger partial charge in [-0.2, -0.15) is 4.31 Å². The van der Waals surface area contributed by atoms with Gasteiger partial charge in [0.15, 0.2) is 5.82 Å². The van der Waals surface area contributed by atoms with Gasteiger partial charge in [-0.15, -0.1) is 11.6 Å². The third kappa shape index (κ3) is 3.46. The Morgan fingerprint density at radius 2 is 2.15 bits per heavy atom. The van der Waals surface area contributed by atoms with Crippen molar-refractivity contribution in [3.05, 3.63) is 24.1 Å². The number of ether oxygens (including phenoxy) is 1. The van der Waals surface area contributed by atoms with Gasteiger partial charge in [0.2, 0.25) is 5.03 Å². The van der Waals surface area contributed by atoms with Crippen LogP contribution in [-0.4, -0.2) is 49.4 Å². The Morgan fingerprint density at radius 3 is 2.75 bits per heavy atom. The topological polar surface area (TPSA) is 59.5 Å². The average molecular weight is 323 g/mol. The van der Waals surface area contributed by atoms with Gasteiger partial charge in [-0.1, -0.05) is 0 Å². The van der Waals surface area contributed by atoms with Gasteiger partial charge in [0, 0.05) is 25.2 Å². The summed E-state index contributed by atoms with van der Waals surface area (Å²) in [5.74, 6) is -0.412. The van der Waals surface area contributed by atoms with Crippen molar-refractivity contribution in [2.75, 3.05) is 25.6 Å². The number of nitrogens with zero attached hydrogens (tertiary/aromatic N) is 2. The Morgan fingerprint density at radius 1 is 1.45 bits per heavy atom. The van der Waals surface area contributed by atoms with Crippen molar-refractivity contribution in [1.29, 1.82) is 0 Å². The largest absolute Gasteiger partial charge is 0.377 e. The summed E-state index contributed by atoms with van der Waals surface area (Å²) in [7, 11) is -3.87. The van der Waals surface area contributed by atoms with Crippen LogP contribution in [-0.2, 0) is 14.8 Å². The maximum atomic E-state index is 13.6. The zero-order chi connectivity index (χ0) is 14.6. The number of rotatable bonds is 5. The fourth-order valence-corrected chi connectivity index (χ4v) is 3.67. The second kappa shape index (κ2) is 6.80. The van der Waals surface area contributed by atoms with Crippen LogP contribution in [0.5, 0.6) is 0 Å². The monoisotopic (exact) mass is 322 g/mol. The lowest BCUT2D eigenvalue weighted by molar-refractivity contribution is 0.0300. The summed E-state index contributed by atoms with van der Waals surface area (Å²) in [4.78, 5) is 3.64. The van der Waals surface area contributed by atoms with Crippen molar-refractivity contribution < 1.29 is 17.5 Å². The molecule has 0 N–H and O–H groups in total. The van der Waals surface area contributed by atoms with Gasteiger partial charge in [-0.25, -0.2) is 17.8 Å². The quantitative estimate of drug-likeness (QED) is 0.773. The number of sulfonamides is 1. The van der Waals surface area contributed by atoms with E-state index in [2.05, 4.69) is 4.98 Å². The molecule has 0 bridgehead atoms. The molecule has 0 radical (unpaired) electrons. The smallest absolute Gasteiger partial charge is 0.263 e. The zero-order valence-electron chi connectivity index (χ0n) is 10.8. The first kappa shape index (κ1) is 15.6. The van der Waals surface area contributed by atoms with E-state index in [4.69, 9.17) is 16.3 Å². The number of pyridine rings is 1. The third-order valence-electron chi connectivity index (χ3n) is 3.14. The van der Waals surface area contributed by atoms with Crippen molar-refractivity contribution >= 4 is 21.6 Å². The third-order valence-corrected chi connectivity index (χ3v) is 5.13. The molecule has 5 nitrogen and oxygen atoms in total. The van der Waals surface area contributed by atoms with E-state index in [1.54, 1.807) is 0 Å². The SMILES string of the molecule is O=S(=O)(c1ncccc1F)N1CCC(OCCCl)CC1. The summed E-state index contributed by atoms with van der Waals surface area (Å²) in [5, 5.41) is -0.514. The number of alkyl halides is 1. The average Bonchev–Trinajstić information content (AvgIpc) is 2.46. The normalized spacial score (nSPS) is 18.3. The lowest BCUT2D eigenvalue weighted by Crippen LogP contribution is -2.41. The molecule has 0 atom stereocenters. The van der Waals surface area contributed by atoms with Gasteiger partial charge in [0.1, 0.15) is 0 Å². The molecule has 8 heteroatoms. The Hall–Kier alpha value is -0.760. The van der Waals surface area contributed by atoms with Crippen LogP contribution in [0.1, 0.15) is 12.8 Å². The molecule has 1 aromatic heterocycles. The van der Waals surface area contributed by atoms with Crippen molar-refractivity contribution in [2.45, 2.75) is 24.0 Å². The summed E-state index contributed by atoms with van der Waals surface area (Å²) in [6.45, 7) is 1.05. The molecule has 2 rings (SSSR count). The van der Waals surface area contributed by atoms with Gasteiger partial charge in [-0.3, -0.25) is 0 Å². The van der Waals surface area contributed by atoms with Crippen LogP contribution in [0.2, 0.25) is 0 Å². The predicted molar refractivity (Wildman–Crippen MR) is 72.6 cm³/mol. The van der Waals surface area contributed by atoms with Crippen molar-refractivity contribution in [1.82, 2.24) is 9.29 Å². The zero-order valence-corrected chi connectivity index (χ0v) is 12.4. The Labute approximate surface area is 122 Å². The Balaban J connectivity index is 2.04. The minimum absolute atomic E-state index is 0.00813. The number of hydrogen-bond acceptors (Lipinski definition) is 4. The molecule has 0 aromatic carbocycles. The van der Waals surface area contributed by atoms with Crippen LogP contribution in [0.15, 0.2) is 23.4 Å². The molecule has 2 heterocycles. The van der Waals surface area contributed by atoms with Gasteiger partial charge in [-0.05, 0) is 25.0 Å². The van der Waals surface area contributed by atoms with E-state index in [9.17, 15) is 12.8 Å². The summed E-state index contributed by atoms with van der Waals surface area (Å²) in [6.07, 6.45) is 2.43. The van der Waals surface area contributed by atoms with E-state index in [-0.39, 0.29) is 6.10 Å². The first-order chi connectivity index (χ1) is 9.55. The number of piperidine rings is 1. The highest BCUT2D eigenvalue weighted by atomic mass is 35.5. The lowest BCUT2D eigenvalue weighted by atomic mass is 10.1. The molecule has 1 aliphatic rings. The van der Waals surface area contributed by atoms with E-state index in [1.807, 2.05) is 0 Å². The molecule has 112 valence electrons. The Kier molecular flexibility index (Phi) is 5.31. The van der Waals surface area contributed by atoms with Crippen molar-refractivity contribution in [3.63, 3.8) is 0 Å². The molecular weight excluding hydrogens is 307 g/mol. The summed E-state index contributed by atoms with van der Waals surface area (Å²) < 4.78 is 44.9. The minimum atomic E-state index is -3.87. The van der Waals surface area contributed by atoms with Crippen LogP contribution in [0.25, 0.3) is 0 Å². The summed E-state index contributed by atoms with van der Waals surface area (Å²) >= 11 is 5.54. The molecule has 1 aromatic rings. The maximum absolute atomic E-state index is 13.6. The van der Waals surface area contributed by atoms with Crippen molar-refractivity contribution in [3.8, 4) is 0 Å². The second-order valence-electron chi connectivity index (χ2n) is 4.45. The highest BCUT2D eigenvalue weighted by Gasteiger charge is 2.32. The van der Waals surface area contributed by atoms with E-state index >= 15 is 0 Å². The fraction of sp³-hybridized carbons (Fsp3) is 0.583. The van der Waals surface area contributed by atoms with Crippen LogP contribution < -0.4 is 0 Å². The molecule has 20 heavy (non-hydrogen) atoms. The van der Waals surface area contributed by atoms with E-state index in [1.165, 1.54) is 16.6 Å². The van der Waals surface area contributed by atoms with E-state index in [0.29, 0.717) is 38.4 Å². The predicted octanol–water partition coefficient (Wildman–Crippen LogP) is 1.63. The highest BCUT2D eigenvalue weighted by molar-refractivity contribution is 7.89. The molecule has 1 saturated heterocycles. The second-order valence-corrected chi connectivity index (χ2v) is 6.68. The Bertz CT molecular complexity index is 547. The van der Waals surface area contributed by atoms with Crippen LogP contribution in [0, 0.1) is 5.82 Å². The number of hydrogen-bond donors (Lipinski definition) is 0. The van der Waals surface area contributed by atoms with Crippen LogP contribution in [0.3, 0.4) is 0 Å². The summed E-state index contributed by atoms with van der Waals surface area (Å²) in [6, 6.07) is 2.46. The van der Waals surface area contributed by atoms with Gasteiger partial charge < -0.3 is 4.74 Å². The maximum Gasteiger partial charge on any atom is 0.263 e. The molecular formula is C12H16ClFN2O3S. The first-order valence-corrected chi connectivity index (χ1v) is 8.31. The molecule has 1 fully saturated rings.